The van der Waals surface area contributed by atoms with Gasteiger partial charge in [0.2, 0.25) is 0 Å². The Morgan fingerprint density at radius 2 is 0.480 bits per heavy atom. The first kappa shape index (κ1) is 72.6. The average Bonchev–Trinajstić information content (AvgIpc) is 3.41. The Labute approximate surface area is 467 Å². The Balaban J connectivity index is 4.33. The van der Waals surface area contributed by atoms with Crippen LogP contribution in [0.15, 0.2) is 36.5 Å². The van der Waals surface area contributed by atoms with Crippen molar-refractivity contribution in [2.45, 2.75) is 374 Å². The minimum atomic E-state index is -0.774. The molecule has 0 saturated heterocycles. The molecule has 0 aliphatic rings. The third-order valence-corrected chi connectivity index (χ3v) is 15.1. The van der Waals surface area contributed by atoms with Crippen molar-refractivity contribution in [2.24, 2.45) is 0 Å². The van der Waals surface area contributed by atoms with E-state index < -0.39 is 6.10 Å². The number of carbonyl (C=O) groups is 3. The van der Waals surface area contributed by atoms with Crippen molar-refractivity contribution in [3.63, 3.8) is 0 Å². The maximum Gasteiger partial charge on any atom is 0.306 e. The molecule has 0 spiro atoms. The van der Waals surface area contributed by atoms with Gasteiger partial charge in [-0.05, 0) is 77.0 Å². The van der Waals surface area contributed by atoms with Crippen molar-refractivity contribution in [1.82, 2.24) is 0 Å². The fourth-order valence-corrected chi connectivity index (χ4v) is 10.1. The minimum Gasteiger partial charge on any atom is -0.462 e. The van der Waals surface area contributed by atoms with Crippen molar-refractivity contribution >= 4 is 17.9 Å². The first-order chi connectivity index (χ1) is 37.0. The molecule has 1 atom stereocenters. The van der Waals surface area contributed by atoms with Crippen LogP contribution in [0.1, 0.15) is 367 Å². The molecule has 0 aliphatic heterocycles. The second-order valence-electron chi connectivity index (χ2n) is 22.7. The van der Waals surface area contributed by atoms with E-state index in [0.717, 1.165) is 64.2 Å². The van der Waals surface area contributed by atoms with Crippen molar-refractivity contribution in [2.75, 3.05) is 13.2 Å². The Morgan fingerprint density at radius 3 is 0.773 bits per heavy atom. The second kappa shape index (κ2) is 64.2. The molecule has 0 heterocycles. The van der Waals surface area contributed by atoms with Gasteiger partial charge in [0.05, 0.1) is 0 Å². The zero-order valence-electron chi connectivity index (χ0n) is 50.6. The van der Waals surface area contributed by atoms with Crippen LogP contribution in [0.25, 0.3) is 0 Å². The summed E-state index contributed by atoms with van der Waals surface area (Å²) in [6.07, 6.45) is 78.6. The highest BCUT2D eigenvalue weighted by Crippen LogP contribution is 2.18. The third-order valence-electron chi connectivity index (χ3n) is 15.1. The van der Waals surface area contributed by atoms with Crippen molar-refractivity contribution in [3.8, 4) is 0 Å². The van der Waals surface area contributed by atoms with Gasteiger partial charge in [-0.2, -0.15) is 0 Å². The van der Waals surface area contributed by atoms with Crippen LogP contribution in [0.2, 0.25) is 0 Å². The van der Waals surface area contributed by atoms with Crippen molar-refractivity contribution < 1.29 is 28.6 Å². The Hall–Kier alpha value is -2.37. The van der Waals surface area contributed by atoms with Gasteiger partial charge in [0.1, 0.15) is 13.2 Å². The summed E-state index contributed by atoms with van der Waals surface area (Å²) in [6, 6.07) is 0. The summed E-state index contributed by atoms with van der Waals surface area (Å²) >= 11 is 0. The molecule has 0 bridgehead atoms. The van der Waals surface area contributed by atoms with Gasteiger partial charge in [0.15, 0.2) is 6.10 Å². The molecule has 0 aliphatic carbocycles. The topological polar surface area (TPSA) is 78.9 Å². The summed E-state index contributed by atoms with van der Waals surface area (Å²) in [4.78, 5) is 38.4. The van der Waals surface area contributed by atoms with E-state index in [1.54, 1.807) is 0 Å². The number of rotatable bonds is 62. The van der Waals surface area contributed by atoms with Gasteiger partial charge >= 0.3 is 17.9 Å². The molecule has 440 valence electrons. The van der Waals surface area contributed by atoms with Crippen LogP contribution in [-0.4, -0.2) is 37.2 Å². The summed E-state index contributed by atoms with van der Waals surface area (Å²) < 4.78 is 17.0. The van der Waals surface area contributed by atoms with Crippen LogP contribution < -0.4 is 0 Å². The number of unbranched alkanes of at least 4 members (excludes halogenated alkanes) is 45. The molecule has 0 radical (unpaired) electrons. The molecule has 0 saturated carbocycles. The summed E-state index contributed by atoms with van der Waals surface area (Å²) in [6.45, 7) is 6.68. The van der Waals surface area contributed by atoms with Crippen molar-refractivity contribution in [3.05, 3.63) is 36.5 Å². The zero-order chi connectivity index (χ0) is 54.3. The summed E-state index contributed by atoms with van der Waals surface area (Å²) in [5.41, 5.74) is 0. The zero-order valence-corrected chi connectivity index (χ0v) is 50.6. The molecule has 1 unspecified atom stereocenters. The monoisotopic (exact) mass is 1050 g/mol. The third kappa shape index (κ3) is 62.4. The average molecular weight is 1050 g/mol. The number of allylic oxidation sites excluding steroid dienone is 6. The maximum absolute atomic E-state index is 12.9. The van der Waals surface area contributed by atoms with E-state index in [9.17, 15) is 14.4 Å². The van der Waals surface area contributed by atoms with Crippen molar-refractivity contribution in [1.29, 1.82) is 0 Å². The molecule has 0 aromatic rings. The van der Waals surface area contributed by atoms with Crippen LogP contribution in [0.4, 0.5) is 0 Å². The number of esters is 3. The quantitative estimate of drug-likeness (QED) is 0.0261. The van der Waals surface area contributed by atoms with E-state index in [0.29, 0.717) is 19.3 Å². The molecule has 0 N–H and O–H groups in total. The van der Waals surface area contributed by atoms with Gasteiger partial charge in [-0.15, -0.1) is 0 Å². The lowest BCUT2D eigenvalue weighted by Crippen LogP contribution is -2.30. The Kier molecular flexibility index (Phi) is 62.1. The van der Waals surface area contributed by atoms with Crippen LogP contribution in [0.5, 0.6) is 0 Å². The maximum atomic E-state index is 12.9. The first-order valence-electron chi connectivity index (χ1n) is 33.5. The molecular weight excluding hydrogens is 925 g/mol. The highest BCUT2D eigenvalue weighted by Gasteiger charge is 2.19. The fraction of sp³-hybridized carbons (Fsp3) is 0.870. The van der Waals surface area contributed by atoms with E-state index in [1.165, 1.54) is 263 Å². The number of ether oxygens (including phenoxy) is 3. The lowest BCUT2D eigenvalue weighted by molar-refractivity contribution is -0.167. The highest BCUT2D eigenvalue weighted by atomic mass is 16.6. The Morgan fingerprint density at radius 1 is 0.267 bits per heavy atom. The van der Waals surface area contributed by atoms with Crippen LogP contribution in [0.3, 0.4) is 0 Å². The van der Waals surface area contributed by atoms with Gasteiger partial charge in [-0.1, -0.05) is 308 Å². The predicted octanol–water partition coefficient (Wildman–Crippen LogP) is 22.8. The van der Waals surface area contributed by atoms with Gasteiger partial charge in [0, 0.05) is 19.3 Å². The standard InChI is InChI=1S/C69H128O6/c1-4-7-10-13-16-19-22-25-28-31-33-34-36-38-41-44-47-50-53-56-59-62-68(71)74-65-66(64-73-67(70)61-58-55-52-49-46-43-40-37-30-27-24-21-18-15-12-9-6-3)75-69(72)63-60-57-54-51-48-45-42-39-35-32-29-26-23-20-17-14-11-8-5-2/h17,20,26,29,31,33,66H,4-16,18-19,21-25,27-28,30,32,34-65H2,1-3H3/b20-17-,29-26-,33-31-. The molecule has 0 rings (SSSR count). The van der Waals surface area contributed by atoms with Gasteiger partial charge in [0.25, 0.3) is 0 Å². The molecular formula is C69H128O6. The fourth-order valence-electron chi connectivity index (χ4n) is 10.1. The van der Waals surface area contributed by atoms with Gasteiger partial charge in [-0.3, -0.25) is 14.4 Å². The summed E-state index contributed by atoms with van der Waals surface area (Å²) in [5, 5.41) is 0. The predicted molar refractivity (Wildman–Crippen MR) is 326 cm³/mol. The summed E-state index contributed by atoms with van der Waals surface area (Å²) in [5.74, 6) is -0.849. The molecule has 75 heavy (non-hydrogen) atoms. The number of hydrogen-bond acceptors (Lipinski definition) is 6. The minimum absolute atomic E-state index is 0.0697. The van der Waals surface area contributed by atoms with Crippen LogP contribution >= 0.6 is 0 Å². The molecule has 6 nitrogen and oxygen atoms in total. The number of carbonyl (C=O) groups excluding carboxylic acids is 3. The molecule has 0 fully saturated rings. The SMILES string of the molecule is CCCCC/C=C\C/C=C\CCCCCCCCCCCC(=O)OC(COC(=O)CCCCCCCCCCC/C=C\CCCCCCCCCC)COC(=O)CCCCCCCCCCCCCCCCCCC. The molecule has 0 aromatic carbocycles. The summed E-state index contributed by atoms with van der Waals surface area (Å²) in [7, 11) is 0. The molecule has 0 aromatic heterocycles. The highest BCUT2D eigenvalue weighted by molar-refractivity contribution is 5.71. The number of hydrogen-bond donors (Lipinski definition) is 0. The lowest BCUT2D eigenvalue weighted by Gasteiger charge is -2.18. The smallest absolute Gasteiger partial charge is 0.306 e. The van der Waals surface area contributed by atoms with E-state index in [-0.39, 0.29) is 31.1 Å². The lowest BCUT2D eigenvalue weighted by atomic mass is 10.0. The normalized spacial score (nSPS) is 12.2. The van der Waals surface area contributed by atoms with Gasteiger partial charge < -0.3 is 14.2 Å². The second-order valence-corrected chi connectivity index (χ2v) is 22.7. The first-order valence-corrected chi connectivity index (χ1v) is 33.5. The molecule has 0 amide bonds. The van der Waals surface area contributed by atoms with E-state index >= 15 is 0 Å². The van der Waals surface area contributed by atoms with E-state index in [1.807, 2.05) is 0 Å². The van der Waals surface area contributed by atoms with Crippen LogP contribution in [0, 0.1) is 0 Å². The molecule has 6 heteroatoms. The van der Waals surface area contributed by atoms with E-state index in [4.69, 9.17) is 14.2 Å². The largest absolute Gasteiger partial charge is 0.462 e. The van der Waals surface area contributed by atoms with Crippen LogP contribution in [-0.2, 0) is 28.6 Å². The Bertz CT molecular complexity index is 1250. The van der Waals surface area contributed by atoms with Gasteiger partial charge in [-0.25, -0.2) is 0 Å². The van der Waals surface area contributed by atoms with E-state index in [2.05, 4.69) is 57.2 Å².